The van der Waals surface area contributed by atoms with E-state index in [9.17, 15) is 9.18 Å². The van der Waals surface area contributed by atoms with Crippen molar-refractivity contribution in [3.8, 4) is 0 Å². The Kier molecular flexibility index (Phi) is 5.94. The number of hydrogen-bond donors (Lipinski definition) is 3. The van der Waals surface area contributed by atoms with Gasteiger partial charge in [0.2, 0.25) is 11.9 Å². The van der Waals surface area contributed by atoms with E-state index < -0.39 is 0 Å². The van der Waals surface area contributed by atoms with Gasteiger partial charge in [-0.25, -0.2) is 9.37 Å². The number of carbonyl (C=O) groups is 1. The minimum Gasteiger partial charge on any atom is -0.354 e. The number of nitrogens with one attached hydrogen (secondary N) is 3. The minimum atomic E-state index is -0.213. The van der Waals surface area contributed by atoms with Crippen molar-refractivity contribution in [2.75, 3.05) is 22.5 Å². The van der Waals surface area contributed by atoms with Gasteiger partial charge in [0.25, 0.3) is 0 Å². The molecule has 138 valence electrons. The zero-order valence-corrected chi connectivity index (χ0v) is 14.9. The van der Waals surface area contributed by atoms with E-state index in [0.717, 1.165) is 5.69 Å². The van der Waals surface area contributed by atoms with Crippen molar-refractivity contribution in [3.63, 3.8) is 0 Å². The molecule has 0 fully saturated rings. The molecular formula is C20H20FN5O. The van der Waals surface area contributed by atoms with Gasteiger partial charge in [0.15, 0.2) is 0 Å². The van der Waals surface area contributed by atoms with Crippen LogP contribution < -0.4 is 16.0 Å². The third-order valence-electron chi connectivity index (χ3n) is 3.75. The molecule has 3 aromatic rings. The zero-order valence-electron chi connectivity index (χ0n) is 14.9. The molecule has 1 heterocycles. The standard InChI is InChI=1S/C20H20FN5O/c1-14(27)24-16-6-4-7-17(13-16)25-19-10-12-23-20(26-19)22-11-9-15-5-2-3-8-18(15)21/h2-8,10,12-13H,9,11H2,1H3,(H,24,27)(H2,22,23,25,26). The molecule has 0 unspecified atom stereocenters. The first-order valence-corrected chi connectivity index (χ1v) is 8.55. The Morgan fingerprint density at radius 3 is 2.70 bits per heavy atom. The summed E-state index contributed by atoms with van der Waals surface area (Å²) in [5.41, 5.74) is 2.14. The third kappa shape index (κ3) is 5.50. The van der Waals surface area contributed by atoms with E-state index in [1.807, 2.05) is 30.3 Å². The minimum absolute atomic E-state index is 0.129. The summed E-state index contributed by atoms with van der Waals surface area (Å²) in [7, 11) is 0. The molecule has 1 amide bonds. The number of halogens is 1. The van der Waals surface area contributed by atoms with Crippen LogP contribution in [0.15, 0.2) is 60.8 Å². The molecule has 0 atom stereocenters. The number of amides is 1. The summed E-state index contributed by atoms with van der Waals surface area (Å²) in [5.74, 6) is 0.720. The predicted molar refractivity (Wildman–Crippen MR) is 105 cm³/mol. The molecule has 0 aliphatic carbocycles. The van der Waals surface area contributed by atoms with Crippen molar-refractivity contribution < 1.29 is 9.18 Å². The van der Waals surface area contributed by atoms with Gasteiger partial charge in [-0.05, 0) is 42.3 Å². The predicted octanol–water partition coefficient (Wildman–Crippen LogP) is 3.97. The Bertz CT molecular complexity index is 932. The van der Waals surface area contributed by atoms with Crippen LogP contribution in [-0.4, -0.2) is 22.4 Å². The summed E-state index contributed by atoms with van der Waals surface area (Å²) in [4.78, 5) is 19.7. The van der Waals surface area contributed by atoms with Crippen molar-refractivity contribution in [3.05, 3.63) is 72.2 Å². The number of nitrogens with zero attached hydrogens (tertiary/aromatic N) is 2. The molecule has 6 nitrogen and oxygen atoms in total. The summed E-state index contributed by atoms with van der Waals surface area (Å²) >= 11 is 0. The Labute approximate surface area is 156 Å². The Morgan fingerprint density at radius 2 is 1.89 bits per heavy atom. The van der Waals surface area contributed by atoms with E-state index in [0.29, 0.717) is 36.0 Å². The molecule has 7 heteroatoms. The number of benzene rings is 2. The second-order valence-electron chi connectivity index (χ2n) is 5.92. The second kappa shape index (κ2) is 8.75. The zero-order chi connectivity index (χ0) is 19.1. The van der Waals surface area contributed by atoms with Crippen LogP contribution in [0.3, 0.4) is 0 Å². The molecule has 0 saturated heterocycles. The normalized spacial score (nSPS) is 10.3. The Balaban J connectivity index is 1.60. The monoisotopic (exact) mass is 365 g/mol. The first-order valence-electron chi connectivity index (χ1n) is 8.55. The van der Waals surface area contributed by atoms with Crippen LogP contribution in [0.5, 0.6) is 0 Å². The average molecular weight is 365 g/mol. The van der Waals surface area contributed by atoms with Crippen LogP contribution in [0.2, 0.25) is 0 Å². The summed E-state index contributed by atoms with van der Waals surface area (Å²) < 4.78 is 13.6. The van der Waals surface area contributed by atoms with Crippen molar-refractivity contribution >= 4 is 29.0 Å². The van der Waals surface area contributed by atoms with Gasteiger partial charge in [0, 0.05) is 31.0 Å². The number of rotatable bonds is 7. The highest BCUT2D eigenvalue weighted by Crippen LogP contribution is 2.19. The molecule has 0 spiro atoms. The van der Waals surface area contributed by atoms with Gasteiger partial charge in [-0.2, -0.15) is 4.98 Å². The van der Waals surface area contributed by atoms with Crippen LogP contribution in [0.25, 0.3) is 0 Å². The first kappa shape index (κ1) is 18.3. The van der Waals surface area contributed by atoms with E-state index in [-0.39, 0.29) is 11.7 Å². The van der Waals surface area contributed by atoms with Crippen LogP contribution in [0.4, 0.5) is 27.5 Å². The maximum Gasteiger partial charge on any atom is 0.224 e. The number of anilines is 4. The van der Waals surface area contributed by atoms with Crippen LogP contribution >= 0.6 is 0 Å². The van der Waals surface area contributed by atoms with Gasteiger partial charge in [-0.3, -0.25) is 4.79 Å². The van der Waals surface area contributed by atoms with Gasteiger partial charge < -0.3 is 16.0 Å². The van der Waals surface area contributed by atoms with Crippen molar-refractivity contribution in [1.82, 2.24) is 9.97 Å². The summed E-state index contributed by atoms with van der Waals surface area (Å²) in [5, 5.41) is 9.01. The summed E-state index contributed by atoms with van der Waals surface area (Å²) in [6.45, 7) is 1.98. The van der Waals surface area contributed by atoms with Gasteiger partial charge in [0.05, 0.1) is 0 Å². The summed E-state index contributed by atoms with van der Waals surface area (Å²) in [6, 6.07) is 15.8. The van der Waals surface area contributed by atoms with Crippen LogP contribution in [0.1, 0.15) is 12.5 Å². The lowest BCUT2D eigenvalue weighted by atomic mass is 10.1. The molecule has 0 aliphatic heterocycles. The maximum atomic E-state index is 13.6. The van der Waals surface area contributed by atoms with E-state index in [1.54, 1.807) is 24.4 Å². The van der Waals surface area contributed by atoms with Gasteiger partial charge in [-0.1, -0.05) is 24.3 Å². The van der Waals surface area contributed by atoms with Gasteiger partial charge in [0.1, 0.15) is 11.6 Å². The van der Waals surface area contributed by atoms with Crippen molar-refractivity contribution in [1.29, 1.82) is 0 Å². The molecule has 0 aliphatic rings. The fourth-order valence-electron chi connectivity index (χ4n) is 2.55. The second-order valence-corrected chi connectivity index (χ2v) is 5.92. The number of hydrogen-bond acceptors (Lipinski definition) is 5. The smallest absolute Gasteiger partial charge is 0.224 e. The lowest BCUT2D eigenvalue weighted by Crippen LogP contribution is -2.09. The van der Waals surface area contributed by atoms with E-state index >= 15 is 0 Å². The molecule has 3 N–H and O–H groups in total. The molecule has 3 rings (SSSR count). The summed E-state index contributed by atoms with van der Waals surface area (Å²) in [6.07, 6.45) is 2.17. The van der Waals surface area contributed by atoms with E-state index in [1.165, 1.54) is 13.0 Å². The SMILES string of the molecule is CC(=O)Nc1cccc(Nc2ccnc(NCCc3ccccc3F)n2)c1. The molecule has 0 saturated carbocycles. The van der Waals surface area contributed by atoms with Crippen LogP contribution in [0, 0.1) is 5.82 Å². The van der Waals surface area contributed by atoms with Crippen molar-refractivity contribution in [2.24, 2.45) is 0 Å². The molecule has 1 aromatic heterocycles. The topological polar surface area (TPSA) is 78.9 Å². The van der Waals surface area contributed by atoms with E-state index in [2.05, 4.69) is 25.9 Å². The number of carbonyl (C=O) groups excluding carboxylic acids is 1. The molecule has 0 radical (unpaired) electrons. The largest absolute Gasteiger partial charge is 0.354 e. The quantitative estimate of drug-likeness (QED) is 0.590. The highest BCUT2D eigenvalue weighted by atomic mass is 19.1. The lowest BCUT2D eigenvalue weighted by molar-refractivity contribution is -0.114. The average Bonchev–Trinajstić information content (AvgIpc) is 2.63. The fraction of sp³-hybridized carbons (Fsp3) is 0.150. The highest BCUT2D eigenvalue weighted by molar-refractivity contribution is 5.89. The molecule has 27 heavy (non-hydrogen) atoms. The Morgan fingerprint density at radius 1 is 1.07 bits per heavy atom. The fourth-order valence-corrected chi connectivity index (χ4v) is 2.55. The third-order valence-corrected chi connectivity index (χ3v) is 3.75. The molecular weight excluding hydrogens is 345 g/mol. The van der Waals surface area contributed by atoms with E-state index in [4.69, 9.17) is 0 Å². The van der Waals surface area contributed by atoms with Crippen molar-refractivity contribution in [2.45, 2.75) is 13.3 Å². The number of aromatic nitrogens is 2. The molecule has 2 aromatic carbocycles. The first-order chi connectivity index (χ1) is 13.1. The van der Waals surface area contributed by atoms with Crippen LogP contribution in [-0.2, 0) is 11.2 Å². The van der Waals surface area contributed by atoms with Gasteiger partial charge in [-0.15, -0.1) is 0 Å². The Hall–Kier alpha value is -3.48. The highest BCUT2D eigenvalue weighted by Gasteiger charge is 2.03. The lowest BCUT2D eigenvalue weighted by Gasteiger charge is -2.10. The van der Waals surface area contributed by atoms with Gasteiger partial charge >= 0.3 is 0 Å². The molecule has 0 bridgehead atoms. The maximum absolute atomic E-state index is 13.6.